The van der Waals surface area contributed by atoms with Gasteiger partial charge < -0.3 is 14.2 Å². The number of alkyl halides is 3. The second kappa shape index (κ2) is 5.72. The predicted octanol–water partition coefficient (Wildman–Crippen LogP) is 3.38. The van der Waals surface area contributed by atoms with Gasteiger partial charge in [0.15, 0.2) is 12.4 Å². The maximum absolute atomic E-state index is 12.9. The normalized spacial score (nSPS) is 24.8. The molecular weight excluding hydrogens is 279 g/mol. The first-order valence-electron chi connectivity index (χ1n) is 5.31. The molecule has 1 saturated heterocycles. The topological polar surface area (TPSA) is 44.8 Å². The third-order valence-corrected chi connectivity index (χ3v) is 2.26. The first-order chi connectivity index (χ1) is 8.70. The Kier molecular flexibility index (Phi) is 4.72. The molecule has 0 saturated carbocycles. The number of rotatable bonds is 5. The smallest absolute Gasteiger partial charge is 0.427 e. The highest BCUT2D eigenvalue weighted by Crippen LogP contribution is 2.32. The summed E-state index contributed by atoms with van der Waals surface area (Å²) >= 11 is 0. The van der Waals surface area contributed by atoms with Crippen LogP contribution in [0.4, 0.5) is 26.7 Å². The van der Waals surface area contributed by atoms with E-state index in [4.69, 9.17) is 4.74 Å². The number of ether oxygens (including phenoxy) is 3. The molecule has 0 radical (unpaired) electrons. The Morgan fingerprint density at radius 3 is 2.47 bits per heavy atom. The van der Waals surface area contributed by atoms with Crippen LogP contribution in [-0.2, 0) is 14.2 Å². The van der Waals surface area contributed by atoms with Crippen molar-refractivity contribution in [2.45, 2.75) is 31.7 Å². The maximum Gasteiger partial charge on any atom is 0.511 e. The van der Waals surface area contributed by atoms with Crippen LogP contribution in [0.2, 0.25) is 0 Å². The Labute approximate surface area is 105 Å². The van der Waals surface area contributed by atoms with Crippen molar-refractivity contribution in [3.63, 3.8) is 0 Å². The van der Waals surface area contributed by atoms with Gasteiger partial charge in [-0.05, 0) is 6.42 Å². The number of hydrogen-bond donors (Lipinski definition) is 0. The molecule has 0 aromatic heterocycles. The van der Waals surface area contributed by atoms with Crippen LogP contribution in [0, 0.1) is 0 Å². The minimum atomic E-state index is -5.42. The van der Waals surface area contributed by atoms with Crippen LogP contribution >= 0.6 is 0 Å². The Balaban J connectivity index is 2.70. The highest BCUT2D eigenvalue weighted by molar-refractivity contribution is 5.62. The molecule has 0 amide bonds. The minimum Gasteiger partial charge on any atom is -0.427 e. The molecule has 0 spiro atoms. The molecule has 9 heteroatoms. The quantitative estimate of drug-likeness (QED) is 0.575. The number of hydrogen-bond acceptors (Lipinski definition) is 4. The fraction of sp³-hybridized carbons (Fsp3) is 0.700. The molecule has 0 bridgehead atoms. The summed E-state index contributed by atoms with van der Waals surface area (Å²) in [4.78, 5) is 10.8. The van der Waals surface area contributed by atoms with Crippen LogP contribution < -0.4 is 0 Å². The maximum atomic E-state index is 12.9. The fourth-order valence-electron chi connectivity index (χ4n) is 1.44. The zero-order valence-electron chi connectivity index (χ0n) is 9.85. The van der Waals surface area contributed by atoms with Crippen molar-refractivity contribution in [2.75, 3.05) is 13.2 Å². The van der Waals surface area contributed by atoms with Gasteiger partial charge in [-0.1, -0.05) is 6.92 Å². The number of cyclic esters (lactones) is 2. The summed E-state index contributed by atoms with van der Waals surface area (Å²) in [6.45, 7) is -0.0116. The molecule has 1 atom stereocenters. The van der Waals surface area contributed by atoms with E-state index >= 15 is 0 Å². The highest BCUT2D eigenvalue weighted by Gasteiger charge is 2.44. The van der Waals surface area contributed by atoms with Crippen molar-refractivity contribution in [3.8, 4) is 0 Å². The molecule has 1 rings (SSSR count). The largest absolute Gasteiger partial charge is 0.511 e. The summed E-state index contributed by atoms with van der Waals surface area (Å²) in [5.74, 6) is -6.66. The van der Waals surface area contributed by atoms with Crippen LogP contribution in [0.25, 0.3) is 0 Å². The van der Waals surface area contributed by atoms with Crippen LogP contribution in [-0.4, -0.2) is 31.3 Å². The third kappa shape index (κ3) is 4.05. The van der Waals surface area contributed by atoms with Gasteiger partial charge in [0.1, 0.15) is 6.61 Å². The summed E-state index contributed by atoms with van der Waals surface area (Å²) < 4.78 is 74.9. The highest BCUT2D eigenvalue weighted by atomic mass is 19.4. The van der Waals surface area contributed by atoms with Crippen molar-refractivity contribution < 1.29 is 41.0 Å². The first-order valence-corrected chi connectivity index (χ1v) is 5.31. The monoisotopic (exact) mass is 290 g/mol. The number of carbonyl (C=O) groups excluding carboxylic acids is 1. The lowest BCUT2D eigenvalue weighted by Gasteiger charge is -2.24. The third-order valence-electron chi connectivity index (χ3n) is 2.26. The van der Waals surface area contributed by atoms with E-state index < -0.39 is 36.4 Å². The Bertz CT molecular complexity index is 379. The van der Waals surface area contributed by atoms with E-state index in [0.717, 1.165) is 0 Å². The van der Waals surface area contributed by atoms with Gasteiger partial charge in [0.05, 0.1) is 0 Å². The van der Waals surface area contributed by atoms with Gasteiger partial charge in [0.25, 0.3) is 5.79 Å². The number of carbonyl (C=O) groups is 1. The average molecular weight is 290 g/mol. The molecule has 1 fully saturated rings. The van der Waals surface area contributed by atoms with Crippen molar-refractivity contribution in [3.05, 3.63) is 11.7 Å². The molecule has 0 aromatic rings. The summed E-state index contributed by atoms with van der Waals surface area (Å²) in [7, 11) is 0. The minimum absolute atomic E-state index is 0.0830. The van der Waals surface area contributed by atoms with E-state index in [9.17, 15) is 26.7 Å². The van der Waals surface area contributed by atoms with Crippen molar-refractivity contribution in [1.82, 2.24) is 0 Å². The summed E-state index contributed by atoms with van der Waals surface area (Å²) in [5.41, 5.74) is 0. The zero-order chi connectivity index (χ0) is 14.7. The van der Waals surface area contributed by atoms with Gasteiger partial charge in [-0.15, -0.1) is 0 Å². The van der Waals surface area contributed by atoms with Gasteiger partial charge in [0.2, 0.25) is 5.83 Å². The SMILES string of the molecule is CCCC1(OCC(F)=C(F)C(F)(F)F)COC(=O)O1. The molecule has 1 aliphatic rings. The molecule has 1 heterocycles. The van der Waals surface area contributed by atoms with E-state index in [1.54, 1.807) is 6.92 Å². The van der Waals surface area contributed by atoms with Gasteiger partial charge in [-0.3, -0.25) is 0 Å². The van der Waals surface area contributed by atoms with Crippen LogP contribution in [0.3, 0.4) is 0 Å². The fourth-order valence-corrected chi connectivity index (χ4v) is 1.44. The average Bonchev–Trinajstić information content (AvgIpc) is 2.67. The van der Waals surface area contributed by atoms with E-state index in [1.807, 2.05) is 0 Å². The van der Waals surface area contributed by atoms with Gasteiger partial charge in [-0.2, -0.15) is 17.6 Å². The molecule has 0 aromatic carbocycles. The van der Waals surface area contributed by atoms with E-state index in [-0.39, 0.29) is 13.0 Å². The van der Waals surface area contributed by atoms with Crippen LogP contribution in [0.15, 0.2) is 11.7 Å². The summed E-state index contributed by atoms with van der Waals surface area (Å²) in [6.07, 6.45) is -5.98. The van der Waals surface area contributed by atoms with Crippen LogP contribution in [0.1, 0.15) is 19.8 Å². The molecular formula is C10H11F5O4. The van der Waals surface area contributed by atoms with Gasteiger partial charge >= 0.3 is 12.3 Å². The molecule has 1 aliphatic heterocycles. The van der Waals surface area contributed by atoms with E-state index in [2.05, 4.69) is 9.47 Å². The Morgan fingerprint density at radius 1 is 1.42 bits per heavy atom. The van der Waals surface area contributed by atoms with Crippen molar-refractivity contribution in [1.29, 1.82) is 0 Å². The molecule has 19 heavy (non-hydrogen) atoms. The first kappa shape index (κ1) is 15.7. The number of halogens is 5. The van der Waals surface area contributed by atoms with E-state index in [1.165, 1.54) is 0 Å². The predicted molar refractivity (Wildman–Crippen MR) is 51.3 cm³/mol. The molecule has 0 N–H and O–H groups in total. The lowest BCUT2D eigenvalue weighted by atomic mass is 10.1. The van der Waals surface area contributed by atoms with Crippen molar-refractivity contribution in [2.24, 2.45) is 0 Å². The standard InChI is InChI=1S/C10H11F5O4/c1-2-3-9(5-17-8(16)19-9)18-4-6(11)7(12)10(13,14)15/h2-5H2,1H3. The lowest BCUT2D eigenvalue weighted by Crippen LogP contribution is -2.36. The second-order valence-electron chi connectivity index (χ2n) is 3.81. The number of allylic oxidation sites excluding steroid dienone is 1. The molecule has 0 aliphatic carbocycles. The summed E-state index contributed by atoms with van der Waals surface area (Å²) in [6, 6.07) is 0. The molecule has 1 unspecified atom stereocenters. The molecule has 110 valence electrons. The molecule has 4 nitrogen and oxygen atoms in total. The zero-order valence-corrected chi connectivity index (χ0v) is 9.85. The van der Waals surface area contributed by atoms with E-state index in [0.29, 0.717) is 6.42 Å². The Morgan fingerprint density at radius 2 is 2.05 bits per heavy atom. The lowest BCUT2D eigenvalue weighted by molar-refractivity contribution is -0.182. The summed E-state index contributed by atoms with van der Waals surface area (Å²) in [5, 5.41) is 0. The van der Waals surface area contributed by atoms with Crippen LogP contribution in [0.5, 0.6) is 0 Å². The van der Waals surface area contributed by atoms with Gasteiger partial charge in [-0.25, -0.2) is 9.18 Å². The van der Waals surface area contributed by atoms with Gasteiger partial charge in [0, 0.05) is 6.42 Å². The second-order valence-corrected chi connectivity index (χ2v) is 3.81. The Hall–Kier alpha value is -1.38. The van der Waals surface area contributed by atoms with Crippen molar-refractivity contribution >= 4 is 6.16 Å².